The van der Waals surface area contributed by atoms with Gasteiger partial charge in [-0.2, -0.15) is 0 Å². The number of hydrogen-bond donors (Lipinski definition) is 2. The average Bonchev–Trinajstić information content (AvgIpc) is 2.33. The minimum absolute atomic E-state index is 0.0237. The second-order valence-electron chi connectivity index (χ2n) is 4.49. The van der Waals surface area contributed by atoms with E-state index in [0.717, 1.165) is 25.9 Å². The Bertz CT molecular complexity index is 400. The Morgan fingerprint density at radius 1 is 1.41 bits per heavy atom. The van der Waals surface area contributed by atoms with Gasteiger partial charge in [0.25, 0.3) is 0 Å². The highest BCUT2D eigenvalue weighted by molar-refractivity contribution is 9.10. The molecule has 1 aliphatic rings. The van der Waals surface area contributed by atoms with Crippen LogP contribution in [0.2, 0.25) is 0 Å². The van der Waals surface area contributed by atoms with Crippen LogP contribution >= 0.6 is 15.9 Å². The average molecular weight is 299 g/mol. The van der Waals surface area contributed by atoms with Gasteiger partial charge in [0, 0.05) is 5.41 Å². The molecule has 0 aliphatic carbocycles. The van der Waals surface area contributed by atoms with Gasteiger partial charge in [-0.25, -0.2) is 9.97 Å². The number of aromatic nitrogens is 2. The van der Waals surface area contributed by atoms with E-state index in [1.165, 1.54) is 0 Å². The first-order valence-electron chi connectivity index (χ1n) is 5.60. The van der Waals surface area contributed by atoms with Crippen molar-refractivity contribution in [3.05, 3.63) is 17.0 Å². The fourth-order valence-corrected chi connectivity index (χ4v) is 2.05. The molecule has 0 aromatic carbocycles. The van der Waals surface area contributed by atoms with E-state index < -0.39 is 0 Å². The Kier molecular flexibility index (Phi) is 3.73. The first-order chi connectivity index (χ1) is 8.10. The molecule has 1 amide bonds. The summed E-state index contributed by atoms with van der Waals surface area (Å²) < 4.78 is 0.656. The summed E-state index contributed by atoms with van der Waals surface area (Å²) in [5.74, 6) is 0.522. The molecule has 0 saturated carbocycles. The normalized spacial score (nSPS) is 18.7. The van der Waals surface area contributed by atoms with Crippen molar-refractivity contribution < 1.29 is 4.79 Å². The van der Waals surface area contributed by atoms with Gasteiger partial charge in [0.15, 0.2) is 5.82 Å². The van der Waals surface area contributed by atoms with Gasteiger partial charge in [0.1, 0.15) is 4.60 Å². The predicted octanol–water partition coefficient (Wildman–Crippen LogP) is 1.57. The minimum Gasteiger partial charge on any atom is -0.317 e. The van der Waals surface area contributed by atoms with E-state index in [4.69, 9.17) is 0 Å². The number of carbonyl (C=O) groups is 1. The summed E-state index contributed by atoms with van der Waals surface area (Å²) in [6.45, 7) is 3.77. The van der Waals surface area contributed by atoms with Crippen LogP contribution in [-0.2, 0) is 4.79 Å². The molecule has 5 nitrogen and oxygen atoms in total. The van der Waals surface area contributed by atoms with Crippen LogP contribution in [0, 0.1) is 5.41 Å². The number of rotatable bonds is 2. The first kappa shape index (κ1) is 12.4. The van der Waals surface area contributed by atoms with Crippen LogP contribution in [-0.4, -0.2) is 29.0 Å². The summed E-state index contributed by atoms with van der Waals surface area (Å²) in [5, 5.41) is 6.07. The Labute approximate surface area is 109 Å². The molecule has 2 N–H and O–H groups in total. The number of nitrogens with one attached hydrogen (secondary N) is 2. The second-order valence-corrected chi connectivity index (χ2v) is 5.30. The molecular formula is C11H15BrN4O. The lowest BCUT2D eigenvalue weighted by atomic mass is 9.80. The van der Waals surface area contributed by atoms with Crippen LogP contribution < -0.4 is 10.6 Å². The van der Waals surface area contributed by atoms with E-state index in [1.54, 1.807) is 12.4 Å². The molecule has 92 valence electrons. The number of piperidine rings is 1. The van der Waals surface area contributed by atoms with Crippen molar-refractivity contribution in [1.82, 2.24) is 15.3 Å². The molecule has 2 rings (SSSR count). The summed E-state index contributed by atoms with van der Waals surface area (Å²) in [5.41, 5.74) is -0.306. The maximum atomic E-state index is 12.2. The number of amides is 1. The molecule has 1 aliphatic heterocycles. The van der Waals surface area contributed by atoms with E-state index in [-0.39, 0.29) is 11.3 Å². The summed E-state index contributed by atoms with van der Waals surface area (Å²) in [6, 6.07) is 0. The highest BCUT2D eigenvalue weighted by Crippen LogP contribution is 2.29. The Hall–Kier alpha value is -1.01. The van der Waals surface area contributed by atoms with Crippen molar-refractivity contribution in [3.8, 4) is 0 Å². The molecule has 2 heterocycles. The molecular weight excluding hydrogens is 284 g/mol. The van der Waals surface area contributed by atoms with Crippen LogP contribution in [0.4, 0.5) is 5.82 Å². The first-order valence-corrected chi connectivity index (χ1v) is 6.39. The number of hydrogen-bond acceptors (Lipinski definition) is 4. The highest BCUT2D eigenvalue weighted by atomic mass is 79.9. The lowest BCUT2D eigenvalue weighted by molar-refractivity contribution is -0.126. The van der Waals surface area contributed by atoms with Crippen molar-refractivity contribution in [2.75, 3.05) is 18.4 Å². The van der Waals surface area contributed by atoms with Gasteiger partial charge < -0.3 is 10.6 Å². The number of halogens is 1. The van der Waals surface area contributed by atoms with Crippen molar-refractivity contribution in [1.29, 1.82) is 0 Å². The van der Waals surface area contributed by atoms with Crippen molar-refractivity contribution in [2.24, 2.45) is 5.41 Å². The fourth-order valence-electron chi connectivity index (χ4n) is 1.85. The molecule has 17 heavy (non-hydrogen) atoms. The zero-order valence-corrected chi connectivity index (χ0v) is 11.2. The minimum atomic E-state index is -0.306. The number of carbonyl (C=O) groups excluding carboxylic acids is 1. The zero-order valence-electron chi connectivity index (χ0n) is 9.66. The molecule has 1 aromatic heterocycles. The maximum Gasteiger partial charge on any atom is 0.231 e. The molecule has 0 bridgehead atoms. The molecule has 0 atom stereocenters. The lowest BCUT2D eigenvalue weighted by Gasteiger charge is -2.32. The predicted molar refractivity (Wildman–Crippen MR) is 68.6 cm³/mol. The largest absolute Gasteiger partial charge is 0.317 e. The van der Waals surface area contributed by atoms with E-state index in [2.05, 4.69) is 36.5 Å². The van der Waals surface area contributed by atoms with Crippen molar-refractivity contribution in [2.45, 2.75) is 19.8 Å². The Morgan fingerprint density at radius 3 is 2.71 bits per heavy atom. The van der Waals surface area contributed by atoms with Gasteiger partial charge in [-0.1, -0.05) is 6.92 Å². The van der Waals surface area contributed by atoms with Gasteiger partial charge in [0.05, 0.1) is 12.4 Å². The van der Waals surface area contributed by atoms with E-state index in [0.29, 0.717) is 10.4 Å². The van der Waals surface area contributed by atoms with Gasteiger partial charge in [-0.15, -0.1) is 0 Å². The highest BCUT2D eigenvalue weighted by Gasteiger charge is 2.34. The SMILES string of the molecule is CC1(C(=O)Nc2cnc(Br)cn2)CCNCC1. The topological polar surface area (TPSA) is 66.9 Å². The van der Waals surface area contributed by atoms with Crippen molar-refractivity contribution >= 4 is 27.7 Å². The fraction of sp³-hybridized carbons (Fsp3) is 0.545. The van der Waals surface area contributed by atoms with Crippen molar-refractivity contribution in [3.63, 3.8) is 0 Å². The third-order valence-corrected chi connectivity index (χ3v) is 3.53. The van der Waals surface area contributed by atoms with Crippen LogP contribution in [0.25, 0.3) is 0 Å². The third-order valence-electron chi connectivity index (χ3n) is 3.12. The third kappa shape index (κ3) is 3.01. The molecule has 6 heteroatoms. The zero-order chi connectivity index (χ0) is 12.3. The number of nitrogens with zero attached hydrogens (tertiary/aromatic N) is 2. The summed E-state index contributed by atoms with van der Waals surface area (Å²) in [4.78, 5) is 20.3. The van der Waals surface area contributed by atoms with Gasteiger partial charge in [-0.05, 0) is 41.9 Å². The van der Waals surface area contributed by atoms with Gasteiger partial charge in [-0.3, -0.25) is 4.79 Å². The number of anilines is 1. The monoisotopic (exact) mass is 298 g/mol. The summed E-state index contributed by atoms with van der Waals surface area (Å²) in [6.07, 6.45) is 4.82. The molecule has 0 spiro atoms. The molecule has 1 saturated heterocycles. The smallest absolute Gasteiger partial charge is 0.231 e. The van der Waals surface area contributed by atoms with E-state index in [9.17, 15) is 4.79 Å². The van der Waals surface area contributed by atoms with Crippen LogP contribution in [0.3, 0.4) is 0 Å². The van der Waals surface area contributed by atoms with E-state index >= 15 is 0 Å². The quantitative estimate of drug-likeness (QED) is 0.870. The van der Waals surface area contributed by atoms with Gasteiger partial charge >= 0.3 is 0 Å². The molecule has 0 radical (unpaired) electrons. The summed E-state index contributed by atoms with van der Waals surface area (Å²) >= 11 is 3.20. The maximum absolute atomic E-state index is 12.2. The Balaban J connectivity index is 2.03. The molecule has 1 fully saturated rings. The second kappa shape index (κ2) is 5.10. The van der Waals surface area contributed by atoms with Crippen LogP contribution in [0.5, 0.6) is 0 Å². The Morgan fingerprint density at radius 2 is 2.12 bits per heavy atom. The summed E-state index contributed by atoms with van der Waals surface area (Å²) in [7, 11) is 0. The molecule has 0 unspecified atom stereocenters. The van der Waals surface area contributed by atoms with Crippen LogP contribution in [0.1, 0.15) is 19.8 Å². The standard InChI is InChI=1S/C11H15BrN4O/c1-11(2-4-13-5-3-11)10(17)16-9-7-14-8(12)6-15-9/h6-7,13H,2-5H2,1H3,(H,15,16,17). The molecule has 1 aromatic rings. The van der Waals surface area contributed by atoms with Crippen LogP contribution in [0.15, 0.2) is 17.0 Å². The lowest BCUT2D eigenvalue weighted by Crippen LogP contribution is -2.42. The van der Waals surface area contributed by atoms with Gasteiger partial charge in [0.2, 0.25) is 5.91 Å². The van der Waals surface area contributed by atoms with E-state index in [1.807, 2.05) is 6.92 Å².